The Hall–Kier alpha value is -0.730. The van der Waals surface area contributed by atoms with Gasteiger partial charge in [0.1, 0.15) is 0 Å². The predicted octanol–water partition coefficient (Wildman–Crippen LogP) is 3.55. The minimum Gasteiger partial charge on any atom is -0.384 e. The molecule has 1 saturated heterocycles. The Kier molecular flexibility index (Phi) is 4.75. The number of benzene rings is 1. The summed E-state index contributed by atoms with van der Waals surface area (Å²) in [4.78, 5) is 2.63. The van der Waals surface area contributed by atoms with E-state index in [9.17, 15) is 0 Å². The number of nitrogens with zero attached hydrogens (tertiary/aromatic N) is 1. The smallest absolute Gasteiger partial charge is 0.0419 e. The van der Waals surface area contributed by atoms with Crippen LogP contribution in [0.15, 0.2) is 18.2 Å². The Bertz CT molecular complexity index is 431. The highest BCUT2D eigenvalue weighted by atomic mass is 35.5. The van der Waals surface area contributed by atoms with E-state index in [0.29, 0.717) is 0 Å². The molecule has 1 fully saturated rings. The van der Waals surface area contributed by atoms with Gasteiger partial charge in [0.15, 0.2) is 0 Å². The lowest BCUT2D eigenvalue weighted by atomic mass is 9.95. The Morgan fingerprint density at radius 2 is 2.21 bits per heavy atom. The van der Waals surface area contributed by atoms with Gasteiger partial charge in [0, 0.05) is 25.3 Å². The van der Waals surface area contributed by atoms with E-state index in [-0.39, 0.29) is 12.4 Å². The average Bonchev–Trinajstić information content (AvgIpc) is 2.97. The summed E-state index contributed by atoms with van der Waals surface area (Å²) in [5.74, 6) is 1.73. The molecule has 106 valence electrons. The Balaban J connectivity index is 0.00000133. The number of hydrogen-bond acceptors (Lipinski definition) is 2. The SMILES string of the molecule is CC(C)C1CCN(Cc2cccc3c2NCC3)C1.Cl. The molecule has 0 amide bonds. The zero-order valence-electron chi connectivity index (χ0n) is 12.0. The predicted molar refractivity (Wildman–Crippen MR) is 84.1 cm³/mol. The molecule has 0 bridgehead atoms. The average molecular weight is 281 g/mol. The van der Waals surface area contributed by atoms with Crippen LogP contribution >= 0.6 is 12.4 Å². The fourth-order valence-corrected chi connectivity index (χ4v) is 3.33. The number of likely N-dealkylation sites (tertiary alicyclic amines) is 1. The number of fused-ring (bicyclic) bond motifs is 1. The van der Waals surface area contributed by atoms with Gasteiger partial charge >= 0.3 is 0 Å². The van der Waals surface area contributed by atoms with Crippen molar-refractivity contribution in [3.63, 3.8) is 0 Å². The van der Waals surface area contributed by atoms with Gasteiger partial charge in [-0.15, -0.1) is 12.4 Å². The highest BCUT2D eigenvalue weighted by molar-refractivity contribution is 5.85. The van der Waals surface area contributed by atoms with Crippen LogP contribution in [0, 0.1) is 11.8 Å². The third-order valence-electron chi connectivity index (χ3n) is 4.58. The molecule has 3 heteroatoms. The van der Waals surface area contributed by atoms with Crippen molar-refractivity contribution < 1.29 is 0 Å². The first-order chi connectivity index (χ1) is 8.74. The molecule has 2 aliphatic heterocycles. The summed E-state index contributed by atoms with van der Waals surface area (Å²) >= 11 is 0. The molecule has 19 heavy (non-hydrogen) atoms. The van der Waals surface area contributed by atoms with E-state index in [1.54, 1.807) is 0 Å². The topological polar surface area (TPSA) is 15.3 Å². The summed E-state index contributed by atoms with van der Waals surface area (Å²) in [6.45, 7) is 9.50. The first-order valence-corrected chi connectivity index (χ1v) is 7.31. The first-order valence-electron chi connectivity index (χ1n) is 7.31. The van der Waals surface area contributed by atoms with Gasteiger partial charge in [0.05, 0.1) is 0 Å². The van der Waals surface area contributed by atoms with Crippen LogP contribution in [0.3, 0.4) is 0 Å². The molecule has 2 nitrogen and oxygen atoms in total. The van der Waals surface area contributed by atoms with Gasteiger partial charge in [-0.1, -0.05) is 32.0 Å². The molecule has 3 rings (SSSR count). The van der Waals surface area contributed by atoms with Gasteiger partial charge in [-0.05, 0) is 42.3 Å². The lowest BCUT2D eigenvalue weighted by molar-refractivity contribution is 0.297. The van der Waals surface area contributed by atoms with Crippen molar-refractivity contribution in [3.05, 3.63) is 29.3 Å². The monoisotopic (exact) mass is 280 g/mol. The third kappa shape index (κ3) is 3.06. The summed E-state index contributed by atoms with van der Waals surface area (Å²) in [7, 11) is 0. The Labute approximate surface area is 123 Å². The van der Waals surface area contributed by atoms with Gasteiger partial charge < -0.3 is 5.32 Å². The van der Waals surface area contributed by atoms with E-state index < -0.39 is 0 Å². The summed E-state index contributed by atoms with van der Waals surface area (Å²) in [6.07, 6.45) is 2.57. The zero-order valence-corrected chi connectivity index (χ0v) is 12.8. The minimum absolute atomic E-state index is 0. The van der Waals surface area contributed by atoms with Crippen LogP contribution in [-0.4, -0.2) is 24.5 Å². The van der Waals surface area contributed by atoms with E-state index in [0.717, 1.165) is 24.9 Å². The maximum Gasteiger partial charge on any atom is 0.0419 e. The minimum atomic E-state index is 0. The van der Waals surface area contributed by atoms with E-state index in [1.807, 2.05) is 0 Å². The van der Waals surface area contributed by atoms with Crippen LogP contribution in [0.5, 0.6) is 0 Å². The molecule has 0 aromatic heterocycles. The standard InChI is InChI=1S/C16H24N2.ClH/c1-12(2)14-7-9-18(10-14)11-15-5-3-4-13-6-8-17-16(13)15;/h3-5,12,14,17H,6-11H2,1-2H3;1H. The fourth-order valence-electron chi connectivity index (χ4n) is 3.33. The maximum absolute atomic E-state index is 3.55. The highest BCUT2D eigenvalue weighted by Crippen LogP contribution is 2.30. The molecule has 0 aliphatic carbocycles. The zero-order chi connectivity index (χ0) is 12.5. The van der Waals surface area contributed by atoms with Crippen molar-refractivity contribution >= 4 is 18.1 Å². The summed E-state index contributed by atoms with van der Waals surface area (Å²) in [5.41, 5.74) is 4.42. The van der Waals surface area contributed by atoms with Crippen molar-refractivity contribution in [2.45, 2.75) is 33.2 Å². The molecular formula is C16H25ClN2. The van der Waals surface area contributed by atoms with E-state index in [4.69, 9.17) is 0 Å². The quantitative estimate of drug-likeness (QED) is 0.911. The molecule has 2 heterocycles. The molecule has 0 radical (unpaired) electrons. The fraction of sp³-hybridized carbons (Fsp3) is 0.625. The van der Waals surface area contributed by atoms with Crippen LogP contribution in [0.1, 0.15) is 31.4 Å². The van der Waals surface area contributed by atoms with Crippen molar-refractivity contribution in [3.8, 4) is 0 Å². The summed E-state index contributed by atoms with van der Waals surface area (Å²) in [6, 6.07) is 6.77. The van der Waals surface area contributed by atoms with Gasteiger partial charge in [-0.2, -0.15) is 0 Å². The summed E-state index contributed by atoms with van der Waals surface area (Å²) in [5, 5.41) is 3.55. The summed E-state index contributed by atoms with van der Waals surface area (Å²) < 4.78 is 0. The number of para-hydroxylation sites is 1. The molecule has 1 aromatic carbocycles. The molecule has 0 spiro atoms. The number of anilines is 1. The molecular weight excluding hydrogens is 256 g/mol. The number of rotatable bonds is 3. The van der Waals surface area contributed by atoms with Crippen LogP contribution in [0.2, 0.25) is 0 Å². The Morgan fingerprint density at radius 3 is 2.95 bits per heavy atom. The maximum atomic E-state index is 3.55. The lowest BCUT2D eigenvalue weighted by Crippen LogP contribution is -2.22. The van der Waals surface area contributed by atoms with Gasteiger partial charge in [-0.25, -0.2) is 0 Å². The molecule has 1 atom stereocenters. The van der Waals surface area contributed by atoms with E-state index in [1.165, 1.54) is 42.7 Å². The number of hydrogen-bond donors (Lipinski definition) is 1. The largest absolute Gasteiger partial charge is 0.384 e. The van der Waals surface area contributed by atoms with Gasteiger partial charge in [0.2, 0.25) is 0 Å². The van der Waals surface area contributed by atoms with Crippen LogP contribution < -0.4 is 5.32 Å². The molecule has 0 saturated carbocycles. The molecule has 1 N–H and O–H groups in total. The molecule has 2 aliphatic rings. The van der Waals surface area contributed by atoms with Crippen LogP contribution in [-0.2, 0) is 13.0 Å². The third-order valence-corrected chi connectivity index (χ3v) is 4.58. The lowest BCUT2D eigenvalue weighted by Gasteiger charge is -2.19. The van der Waals surface area contributed by atoms with Crippen molar-refractivity contribution in [1.82, 2.24) is 4.90 Å². The van der Waals surface area contributed by atoms with E-state index in [2.05, 4.69) is 42.3 Å². The first kappa shape index (κ1) is 14.7. The second-order valence-electron chi connectivity index (χ2n) is 6.16. The second kappa shape index (κ2) is 6.15. The van der Waals surface area contributed by atoms with Crippen molar-refractivity contribution in [1.29, 1.82) is 0 Å². The highest BCUT2D eigenvalue weighted by Gasteiger charge is 2.25. The number of halogens is 1. The normalized spacial score (nSPS) is 22.2. The molecule has 1 unspecified atom stereocenters. The van der Waals surface area contributed by atoms with Crippen LogP contribution in [0.25, 0.3) is 0 Å². The van der Waals surface area contributed by atoms with Crippen molar-refractivity contribution in [2.75, 3.05) is 25.0 Å². The molecule has 1 aromatic rings. The Morgan fingerprint density at radius 1 is 1.37 bits per heavy atom. The van der Waals surface area contributed by atoms with E-state index >= 15 is 0 Å². The van der Waals surface area contributed by atoms with Gasteiger partial charge in [-0.3, -0.25) is 4.90 Å². The van der Waals surface area contributed by atoms with Crippen molar-refractivity contribution in [2.24, 2.45) is 11.8 Å². The number of nitrogens with one attached hydrogen (secondary N) is 1. The second-order valence-corrected chi connectivity index (χ2v) is 6.16. The van der Waals surface area contributed by atoms with Gasteiger partial charge in [0.25, 0.3) is 0 Å². The van der Waals surface area contributed by atoms with Crippen LogP contribution in [0.4, 0.5) is 5.69 Å².